The van der Waals surface area contributed by atoms with E-state index in [2.05, 4.69) is 29.5 Å². The maximum absolute atomic E-state index is 14.3. The lowest BCUT2D eigenvalue weighted by Gasteiger charge is -2.60. The Morgan fingerprint density at radius 2 is 1.79 bits per heavy atom. The highest BCUT2D eigenvalue weighted by atomic mass is 19.1. The van der Waals surface area contributed by atoms with Crippen LogP contribution in [-0.4, -0.2) is 41.8 Å². The van der Waals surface area contributed by atoms with Crippen LogP contribution in [-0.2, 0) is 27.3 Å². The van der Waals surface area contributed by atoms with Crippen LogP contribution >= 0.6 is 0 Å². The highest BCUT2D eigenvalue weighted by Crippen LogP contribution is 2.66. The minimum Gasteiger partial charge on any atom is -0.377 e. The fourth-order valence-corrected chi connectivity index (χ4v) is 11.1. The molecule has 0 bridgehead atoms. The normalized spacial score (nSPS) is 32.6. The number of aromatic amines is 1. The molecular formula is C40H48FN3O4. The molecule has 3 aromatic rings. The van der Waals surface area contributed by atoms with Gasteiger partial charge in [0, 0.05) is 48.9 Å². The van der Waals surface area contributed by atoms with Crippen molar-refractivity contribution in [1.29, 1.82) is 0 Å². The number of fused-ring (bicyclic) bond motifs is 5. The van der Waals surface area contributed by atoms with Crippen LogP contribution in [0.4, 0.5) is 4.39 Å². The van der Waals surface area contributed by atoms with Gasteiger partial charge >= 0.3 is 0 Å². The second kappa shape index (κ2) is 12.1. The van der Waals surface area contributed by atoms with Gasteiger partial charge in [-0.1, -0.05) is 38.1 Å². The van der Waals surface area contributed by atoms with Crippen molar-refractivity contribution in [3.63, 3.8) is 0 Å². The van der Waals surface area contributed by atoms with Gasteiger partial charge in [0.25, 0.3) is 5.91 Å². The number of rotatable bonds is 7. The van der Waals surface area contributed by atoms with E-state index >= 15 is 0 Å². The summed E-state index contributed by atoms with van der Waals surface area (Å²) in [6.07, 6.45) is 11.1. The zero-order valence-corrected chi connectivity index (χ0v) is 28.3. The first-order valence-electron chi connectivity index (χ1n) is 18.3. The van der Waals surface area contributed by atoms with Crippen molar-refractivity contribution in [3.05, 3.63) is 58.9 Å². The van der Waals surface area contributed by atoms with Crippen LogP contribution in [0, 0.1) is 40.3 Å². The van der Waals surface area contributed by atoms with Gasteiger partial charge in [-0.05, 0) is 115 Å². The lowest BCUT2D eigenvalue weighted by molar-refractivity contribution is -0.145. The van der Waals surface area contributed by atoms with E-state index in [1.54, 1.807) is 0 Å². The summed E-state index contributed by atoms with van der Waals surface area (Å²) < 4.78 is 20.8. The largest absolute Gasteiger partial charge is 0.377 e. The number of ketones is 1. The Balaban J connectivity index is 0.847. The molecule has 1 aliphatic heterocycles. The SMILES string of the molecule is CC12CC[C@H]3C(CC[C@H]4CC(=O)CCC43C)[C@@H]1CCC2OCCC(=O)NCc1ccc(-c2[nH]c3cc(F)cc4c3c2CCNC4=O)cc1. The lowest BCUT2D eigenvalue weighted by Crippen LogP contribution is -2.54. The van der Waals surface area contributed by atoms with Gasteiger partial charge < -0.3 is 20.4 Å². The van der Waals surface area contributed by atoms with Crippen molar-refractivity contribution in [2.45, 2.75) is 97.1 Å². The molecule has 8 rings (SSSR count). The molecule has 4 saturated carbocycles. The van der Waals surface area contributed by atoms with E-state index in [1.807, 2.05) is 24.3 Å². The predicted molar refractivity (Wildman–Crippen MR) is 183 cm³/mol. The molecule has 7 atom stereocenters. The summed E-state index contributed by atoms with van der Waals surface area (Å²) in [5, 5.41) is 6.72. The Kier molecular flexibility index (Phi) is 8.01. The van der Waals surface area contributed by atoms with Crippen LogP contribution in [0.3, 0.4) is 0 Å². The molecule has 0 spiro atoms. The minimum absolute atomic E-state index is 0.0106. The van der Waals surface area contributed by atoms with Crippen molar-refractivity contribution in [2.24, 2.45) is 34.5 Å². The predicted octanol–water partition coefficient (Wildman–Crippen LogP) is 7.26. The summed E-state index contributed by atoms with van der Waals surface area (Å²) in [6, 6.07) is 10.8. The number of carbonyl (C=O) groups excluding carboxylic acids is 3. The van der Waals surface area contributed by atoms with E-state index in [4.69, 9.17) is 4.74 Å². The van der Waals surface area contributed by atoms with Crippen LogP contribution in [0.5, 0.6) is 0 Å². The molecule has 0 radical (unpaired) electrons. The first-order chi connectivity index (χ1) is 23.1. The third-order valence-corrected chi connectivity index (χ3v) is 13.6. The molecule has 5 aliphatic rings. The molecular weight excluding hydrogens is 605 g/mol. The van der Waals surface area contributed by atoms with Gasteiger partial charge in [-0.15, -0.1) is 0 Å². The smallest absolute Gasteiger partial charge is 0.252 e. The van der Waals surface area contributed by atoms with Crippen LogP contribution in [0.25, 0.3) is 22.2 Å². The monoisotopic (exact) mass is 653 g/mol. The molecule has 4 unspecified atom stereocenters. The molecule has 48 heavy (non-hydrogen) atoms. The fraction of sp³-hybridized carbons (Fsp3) is 0.575. The topological polar surface area (TPSA) is 100 Å². The first kappa shape index (κ1) is 31.7. The molecule has 2 amide bonds. The minimum atomic E-state index is -0.439. The highest BCUT2D eigenvalue weighted by molar-refractivity contribution is 6.10. The fourth-order valence-electron chi connectivity index (χ4n) is 11.1. The maximum Gasteiger partial charge on any atom is 0.252 e. The number of benzene rings is 2. The standard InChI is InChI=1S/C40H48FN3O4/c1-39-15-11-27(45)19-25(39)7-8-28-31-9-10-34(40(31,2)16-12-32(28)39)48-18-14-35(46)43-22-23-3-5-24(6-4-23)37-29-13-17-42-38(47)30-20-26(41)21-33(44-37)36(29)30/h3-6,20-21,25,28,31-32,34,44H,7-19,22H2,1-2H3,(H,42,47)(H,43,46)/t25-,28?,31-,32-,34?,39?,40?/m0/s1. The molecule has 8 heteroatoms. The maximum atomic E-state index is 14.3. The zero-order chi connectivity index (χ0) is 33.2. The zero-order valence-electron chi connectivity index (χ0n) is 28.3. The molecule has 4 fully saturated rings. The van der Waals surface area contributed by atoms with Crippen LogP contribution in [0.15, 0.2) is 36.4 Å². The molecule has 4 aliphatic carbocycles. The molecule has 2 aromatic carbocycles. The van der Waals surface area contributed by atoms with Crippen LogP contribution in [0.2, 0.25) is 0 Å². The van der Waals surface area contributed by atoms with Gasteiger partial charge in [0.1, 0.15) is 11.6 Å². The van der Waals surface area contributed by atoms with E-state index in [1.165, 1.54) is 44.2 Å². The summed E-state index contributed by atoms with van der Waals surface area (Å²) in [4.78, 5) is 41.0. The number of H-pyrrole nitrogens is 1. The third kappa shape index (κ3) is 5.30. The Morgan fingerprint density at radius 1 is 0.979 bits per heavy atom. The highest BCUT2D eigenvalue weighted by Gasteiger charge is 2.60. The van der Waals surface area contributed by atoms with E-state index in [0.717, 1.165) is 65.3 Å². The summed E-state index contributed by atoms with van der Waals surface area (Å²) in [7, 11) is 0. The molecule has 7 nitrogen and oxygen atoms in total. The van der Waals surface area contributed by atoms with Crippen molar-refractivity contribution >= 4 is 28.5 Å². The Hall–Kier alpha value is -3.52. The van der Waals surface area contributed by atoms with E-state index in [9.17, 15) is 18.8 Å². The number of aromatic nitrogens is 1. The van der Waals surface area contributed by atoms with Crippen molar-refractivity contribution < 1.29 is 23.5 Å². The number of hydrogen-bond donors (Lipinski definition) is 3. The number of carbonyl (C=O) groups is 3. The number of amides is 2. The molecule has 3 N–H and O–H groups in total. The third-order valence-electron chi connectivity index (χ3n) is 13.6. The van der Waals surface area contributed by atoms with E-state index < -0.39 is 5.82 Å². The summed E-state index contributed by atoms with van der Waals surface area (Å²) in [6.45, 7) is 6.32. The average Bonchev–Trinajstić information content (AvgIpc) is 3.55. The second-order valence-electron chi connectivity index (χ2n) is 16.0. The molecule has 1 aromatic heterocycles. The summed E-state index contributed by atoms with van der Waals surface area (Å²) in [5.74, 6) is 2.52. The number of Topliss-reactive ketones (excluding diaryl/α,β-unsaturated/α-hetero) is 1. The van der Waals surface area contributed by atoms with Gasteiger partial charge in [-0.25, -0.2) is 4.39 Å². The van der Waals surface area contributed by atoms with Gasteiger partial charge in [0.05, 0.1) is 18.3 Å². The number of nitrogens with one attached hydrogen (secondary N) is 3. The Bertz CT molecular complexity index is 1770. The van der Waals surface area contributed by atoms with E-state index in [0.29, 0.717) is 66.7 Å². The quantitative estimate of drug-likeness (QED) is 0.250. The van der Waals surface area contributed by atoms with Crippen molar-refractivity contribution in [2.75, 3.05) is 13.2 Å². The van der Waals surface area contributed by atoms with Gasteiger partial charge in [-0.3, -0.25) is 14.4 Å². The molecule has 2 heterocycles. The first-order valence-corrected chi connectivity index (χ1v) is 18.3. The van der Waals surface area contributed by atoms with Crippen LogP contribution < -0.4 is 10.6 Å². The van der Waals surface area contributed by atoms with Crippen LogP contribution in [0.1, 0.15) is 99.5 Å². The second-order valence-corrected chi connectivity index (χ2v) is 16.0. The van der Waals surface area contributed by atoms with E-state index in [-0.39, 0.29) is 23.3 Å². The number of halogens is 1. The number of hydrogen-bond acceptors (Lipinski definition) is 4. The van der Waals surface area contributed by atoms with Gasteiger partial charge in [0.15, 0.2) is 0 Å². The van der Waals surface area contributed by atoms with Crippen molar-refractivity contribution in [3.8, 4) is 11.3 Å². The summed E-state index contributed by atoms with van der Waals surface area (Å²) >= 11 is 0. The van der Waals surface area contributed by atoms with Crippen molar-refractivity contribution in [1.82, 2.24) is 15.6 Å². The Labute approximate surface area is 282 Å². The average molecular weight is 654 g/mol. The lowest BCUT2D eigenvalue weighted by atomic mass is 9.45. The molecule has 0 saturated heterocycles. The number of ether oxygens (including phenoxy) is 1. The summed E-state index contributed by atoms with van der Waals surface area (Å²) in [5.41, 5.74) is 5.35. The molecule has 254 valence electrons. The van der Waals surface area contributed by atoms with Gasteiger partial charge in [0.2, 0.25) is 5.91 Å². The Morgan fingerprint density at radius 3 is 2.62 bits per heavy atom. The van der Waals surface area contributed by atoms with Gasteiger partial charge in [-0.2, -0.15) is 0 Å².